The van der Waals surface area contributed by atoms with Crippen molar-refractivity contribution in [3.8, 4) is 11.5 Å². The van der Waals surface area contributed by atoms with Crippen molar-refractivity contribution in [3.63, 3.8) is 0 Å². The third-order valence-electron chi connectivity index (χ3n) is 4.10. The van der Waals surface area contributed by atoms with Gasteiger partial charge in [-0.15, -0.1) is 0 Å². The van der Waals surface area contributed by atoms with Gasteiger partial charge in [0.2, 0.25) is 0 Å². The highest BCUT2D eigenvalue weighted by Crippen LogP contribution is 2.30. The molecule has 0 bridgehead atoms. The minimum atomic E-state index is -0.137. The van der Waals surface area contributed by atoms with E-state index < -0.39 is 0 Å². The summed E-state index contributed by atoms with van der Waals surface area (Å²) in [6, 6.07) is 11.3. The number of benzene rings is 2. The van der Waals surface area contributed by atoms with Crippen molar-refractivity contribution >= 4 is 5.91 Å². The standard InChI is InChI=1S/C19H23NO3/c1-12-7-6-8-16(13(12)2)19(21)20-14(3)15-9-10-17(22-4)18(11-15)23-5/h6-11,14H,1-5H3,(H,20,21). The van der Waals surface area contributed by atoms with Crippen LogP contribution in [0.3, 0.4) is 0 Å². The van der Waals surface area contributed by atoms with E-state index >= 15 is 0 Å². The Balaban J connectivity index is 2.20. The molecule has 0 fully saturated rings. The van der Waals surface area contributed by atoms with Gasteiger partial charge in [0.1, 0.15) is 0 Å². The number of amides is 1. The zero-order valence-corrected chi connectivity index (χ0v) is 14.3. The van der Waals surface area contributed by atoms with Crippen LogP contribution in [0, 0.1) is 13.8 Å². The molecule has 0 saturated heterocycles. The molecule has 0 heterocycles. The molecule has 0 spiro atoms. The fourth-order valence-electron chi connectivity index (χ4n) is 2.48. The molecule has 2 rings (SSSR count). The highest BCUT2D eigenvalue weighted by molar-refractivity contribution is 5.96. The van der Waals surface area contributed by atoms with E-state index in [9.17, 15) is 4.79 Å². The summed E-state index contributed by atoms with van der Waals surface area (Å²) in [4.78, 5) is 12.5. The molecule has 23 heavy (non-hydrogen) atoms. The zero-order chi connectivity index (χ0) is 17.0. The van der Waals surface area contributed by atoms with Crippen molar-refractivity contribution in [1.82, 2.24) is 5.32 Å². The van der Waals surface area contributed by atoms with Crippen molar-refractivity contribution in [2.24, 2.45) is 0 Å². The van der Waals surface area contributed by atoms with E-state index in [2.05, 4.69) is 5.32 Å². The van der Waals surface area contributed by atoms with Gasteiger partial charge in [-0.1, -0.05) is 18.2 Å². The Morgan fingerprint density at radius 3 is 2.39 bits per heavy atom. The lowest BCUT2D eigenvalue weighted by atomic mass is 10.0. The third kappa shape index (κ3) is 3.65. The summed E-state index contributed by atoms with van der Waals surface area (Å²) in [5.41, 5.74) is 3.78. The zero-order valence-electron chi connectivity index (χ0n) is 14.3. The van der Waals surface area contributed by atoms with E-state index in [1.165, 1.54) is 0 Å². The molecule has 0 aromatic heterocycles. The highest BCUT2D eigenvalue weighted by atomic mass is 16.5. The van der Waals surface area contributed by atoms with E-state index in [0.717, 1.165) is 16.7 Å². The summed E-state index contributed by atoms with van der Waals surface area (Å²) >= 11 is 0. The van der Waals surface area contributed by atoms with Crippen LogP contribution in [0.5, 0.6) is 11.5 Å². The number of methoxy groups -OCH3 is 2. The monoisotopic (exact) mass is 313 g/mol. The number of carbonyl (C=O) groups is 1. The molecule has 0 aliphatic rings. The van der Waals surface area contributed by atoms with Crippen LogP contribution in [-0.4, -0.2) is 20.1 Å². The molecule has 4 nitrogen and oxygen atoms in total. The largest absolute Gasteiger partial charge is 0.493 e. The quantitative estimate of drug-likeness (QED) is 0.913. The number of hydrogen-bond acceptors (Lipinski definition) is 3. The number of rotatable bonds is 5. The van der Waals surface area contributed by atoms with Gasteiger partial charge in [-0.3, -0.25) is 4.79 Å². The van der Waals surface area contributed by atoms with Crippen LogP contribution in [0.1, 0.15) is 40.0 Å². The normalized spacial score (nSPS) is 11.7. The summed E-state index contributed by atoms with van der Waals surface area (Å²) in [6.45, 7) is 5.92. The van der Waals surface area contributed by atoms with E-state index in [1.807, 2.05) is 57.2 Å². The predicted molar refractivity (Wildman–Crippen MR) is 91.3 cm³/mol. The lowest BCUT2D eigenvalue weighted by Gasteiger charge is -2.17. The minimum absolute atomic E-state index is 0.0755. The van der Waals surface area contributed by atoms with Gasteiger partial charge in [0, 0.05) is 5.56 Å². The van der Waals surface area contributed by atoms with Gasteiger partial charge in [0.25, 0.3) is 5.91 Å². The van der Waals surface area contributed by atoms with Crippen molar-refractivity contribution in [2.45, 2.75) is 26.8 Å². The Morgan fingerprint density at radius 1 is 1.04 bits per heavy atom. The van der Waals surface area contributed by atoms with Crippen LogP contribution in [0.25, 0.3) is 0 Å². The summed E-state index contributed by atoms with van der Waals surface area (Å²) in [6.07, 6.45) is 0. The first-order chi connectivity index (χ1) is 11.0. The molecular weight excluding hydrogens is 290 g/mol. The van der Waals surface area contributed by atoms with E-state index in [4.69, 9.17) is 9.47 Å². The first-order valence-corrected chi connectivity index (χ1v) is 7.57. The maximum Gasteiger partial charge on any atom is 0.252 e. The van der Waals surface area contributed by atoms with Gasteiger partial charge >= 0.3 is 0 Å². The molecule has 0 aliphatic carbocycles. The molecule has 1 N–H and O–H groups in total. The summed E-state index contributed by atoms with van der Waals surface area (Å²) in [7, 11) is 3.20. The van der Waals surface area contributed by atoms with Crippen LogP contribution in [0.15, 0.2) is 36.4 Å². The molecule has 0 aliphatic heterocycles. The van der Waals surface area contributed by atoms with E-state index in [-0.39, 0.29) is 11.9 Å². The molecule has 0 saturated carbocycles. The van der Waals surface area contributed by atoms with Crippen molar-refractivity contribution in [3.05, 3.63) is 58.7 Å². The van der Waals surface area contributed by atoms with E-state index in [0.29, 0.717) is 17.1 Å². The molecule has 0 radical (unpaired) electrons. The topological polar surface area (TPSA) is 47.6 Å². The van der Waals surface area contributed by atoms with Crippen LogP contribution in [0.4, 0.5) is 0 Å². The Bertz CT molecular complexity index is 710. The van der Waals surface area contributed by atoms with Gasteiger partial charge in [-0.25, -0.2) is 0 Å². The Labute approximate surface area is 137 Å². The van der Waals surface area contributed by atoms with Crippen LogP contribution in [-0.2, 0) is 0 Å². The van der Waals surface area contributed by atoms with Gasteiger partial charge in [-0.05, 0) is 55.7 Å². The third-order valence-corrected chi connectivity index (χ3v) is 4.10. The highest BCUT2D eigenvalue weighted by Gasteiger charge is 2.15. The smallest absolute Gasteiger partial charge is 0.252 e. The van der Waals surface area contributed by atoms with Crippen molar-refractivity contribution in [1.29, 1.82) is 0 Å². The Kier molecular flexibility index (Phi) is 5.27. The molecule has 2 aromatic rings. The average molecular weight is 313 g/mol. The SMILES string of the molecule is COc1ccc(C(C)NC(=O)c2cccc(C)c2C)cc1OC. The Morgan fingerprint density at radius 2 is 1.74 bits per heavy atom. The molecular formula is C19H23NO3. The first kappa shape index (κ1) is 16.9. The number of nitrogens with one attached hydrogen (secondary N) is 1. The van der Waals surface area contributed by atoms with Crippen LogP contribution >= 0.6 is 0 Å². The minimum Gasteiger partial charge on any atom is -0.493 e. The molecule has 1 unspecified atom stereocenters. The molecule has 122 valence electrons. The fourth-order valence-corrected chi connectivity index (χ4v) is 2.48. The van der Waals surface area contributed by atoms with Crippen LogP contribution in [0.2, 0.25) is 0 Å². The van der Waals surface area contributed by atoms with Gasteiger partial charge in [0.05, 0.1) is 20.3 Å². The summed E-state index contributed by atoms with van der Waals surface area (Å²) in [5.74, 6) is 1.25. The predicted octanol–water partition coefficient (Wildman–Crippen LogP) is 3.81. The van der Waals surface area contributed by atoms with Gasteiger partial charge < -0.3 is 14.8 Å². The lowest BCUT2D eigenvalue weighted by molar-refractivity contribution is 0.0939. The van der Waals surface area contributed by atoms with Crippen molar-refractivity contribution in [2.75, 3.05) is 14.2 Å². The second-order valence-electron chi connectivity index (χ2n) is 5.56. The summed E-state index contributed by atoms with van der Waals surface area (Å²) < 4.78 is 10.6. The van der Waals surface area contributed by atoms with Crippen molar-refractivity contribution < 1.29 is 14.3 Å². The van der Waals surface area contributed by atoms with E-state index in [1.54, 1.807) is 14.2 Å². The average Bonchev–Trinajstić information content (AvgIpc) is 2.56. The maximum atomic E-state index is 12.5. The lowest BCUT2D eigenvalue weighted by Crippen LogP contribution is -2.27. The number of carbonyl (C=O) groups excluding carboxylic acids is 1. The van der Waals surface area contributed by atoms with Gasteiger partial charge in [-0.2, -0.15) is 0 Å². The second-order valence-corrected chi connectivity index (χ2v) is 5.56. The molecule has 4 heteroatoms. The maximum absolute atomic E-state index is 12.5. The second kappa shape index (κ2) is 7.18. The number of aryl methyl sites for hydroxylation is 1. The number of ether oxygens (including phenoxy) is 2. The van der Waals surface area contributed by atoms with Gasteiger partial charge in [0.15, 0.2) is 11.5 Å². The Hall–Kier alpha value is -2.49. The first-order valence-electron chi connectivity index (χ1n) is 7.57. The fraction of sp³-hybridized carbons (Fsp3) is 0.316. The molecule has 2 aromatic carbocycles. The molecule has 1 atom stereocenters. The number of hydrogen-bond donors (Lipinski definition) is 1. The van der Waals surface area contributed by atoms with Crippen LogP contribution < -0.4 is 14.8 Å². The summed E-state index contributed by atoms with van der Waals surface area (Å²) in [5, 5.41) is 3.03. The molecule has 1 amide bonds.